The van der Waals surface area contributed by atoms with Crippen molar-refractivity contribution in [3.63, 3.8) is 0 Å². The van der Waals surface area contributed by atoms with Crippen LogP contribution in [0.25, 0.3) is 6.08 Å². The summed E-state index contributed by atoms with van der Waals surface area (Å²) in [6, 6.07) is 18.7. The highest BCUT2D eigenvalue weighted by atomic mass is 79.9. The average molecular weight is 611 g/mol. The second-order valence-electron chi connectivity index (χ2n) is 8.04. The number of ether oxygens (including phenoxy) is 3. The van der Waals surface area contributed by atoms with Gasteiger partial charge in [-0.1, -0.05) is 45.9 Å². The van der Waals surface area contributed by atoms with E-state index in [1.165, 1.54) is 19.2 Å². The highest BCUT2D eigenvalue weighted by molar-refractivity contribution is 9.10. The van der Waals surface area contributed by atoms with Crippen molar-refractivity contribution >= 4 is 56.2 Å². The van der Waals surface area contributed by atoms with Gasteiger partial charge in [-0.15, -0.1) is 0 Å². The van der Waals surface area contributed by atoms with Crippen LogP contribution in [0, 0.1) is 10.1 Å². The standard InChI is InChI=1S/C28H23BrN2O7S/c1-3-37-28(33)25-26(32)24(39-27(25)30-19-7-5-4-6-8-19)14-18-13-22(36-2)23(15-21(18)29)38-16-17-9-11-20(12-10-17)31(34)35/h4-15,32H,3,16H2,1-2H3/b24-14-,30-27?. The molecule has 39 heavy (non-hydrogen) atoms. The van der Waals surface area contributed by atoms with Crippen LogP contribution in [0.1, 0.15) is 18.1 Å². The molecule has 4 rings (SSSR count). The smallest absolute Gasteiger partial charge is 0.344 e. The highest BCUT2D eigenvalue weighted by Gasteiger charge is 2.33. The number of aliphatic imine (C=N–C) groups is 1. The zero-order valence-electron chi connectivity index (χ0n) is 20.9. The van der Waals surface area contributed by atoms with Crippen molar-refractivity contribution in [3.05, 3.63) is 109 Å². The Kier molecular flexibility index (Phi) is 9.05. The van der Waals surface area contributed by atoms with Crippen molar-refractivity contribution in [2.75, 3.05) is 13.7 Å². The number of nitro groups is 1. The minimum Gasteiger partial charge on any atom is -0.506 e. The number of aliphatic hydroxyl groups is 1. The minimum atomic E-state index is -0.660. The molecule has 200 valence electrons. The van der Waals surface area contributed by atoms with Crippen LogP contribution in [-0.4, -0.2) is 34.8 Å². The van der Waals surface area contributed by atoms with Crippen molar-refractivity contribution in [1.82, 2.24) is 0 Å². The predicted octanol–water partition coefficient (Wildman–Crippen LogP) is 7.14. The molecule has 0 fully saturated rings. The summed E-state index contributed by atoms with van der Waals surface area (Å²) in [7, 11) is 1.50. The number of nitrogens with zero attached hydrogens (tertiary/aromatic N) is 2. The van der Waals surface area contributed by atoms with E-state index in [2.05, 4.69) is 20.9 Å². The number of rotatable bonds is 9. The van der Waals surface area contributed by atoms with Crippen LogP contribution in [0.2, 0.25) is 0 Å². The van der Waals surface area contributed by atoms with Crippen LogP contribution in [0.3, 0.4) is 0 Å². The monoisotopic (exact) mass is 610 g/mol. The first-order valence-electron chi connectivity index (χ1n) is 11.7. The fourth-order valence-electron chi connectivity index (χ4n) is 3.56. The second kappa shape index (κ2) is 12.6. The number of carbonyl (C=O) groups is 1. The Hall–Kier alpha value is -4.09. The Bertz CT molecular complexity index is 1490. The molecule has 3 aromatic carbocycles. The number of halogens is 1. The van der Waals surface area contributed by atoms with E-state index < -0.39 is 10.9 Å². The van der Waals surface area contributed by atoms with Gasteiger partial charge in [-0.25, -0.2) is 9.79 Å². The molecule has 1 aliphatic rings. The highest BCUT2D eigenvalue weighted by Crippen LogP contribution is 2.42. The van der Waals surface area contributed by atoms with E-state index in [0.717, 1.165) is 17.3 Å². The molecule has 9 nitrogen and oxygen atoms in total. The summed E-state index contributed by atoms with van der Waals surface area (Å²) in [5, 5.41) is 22.2. The molecule has 0 unspecified atom stereocenters. The van der Waals surface area contributed by atoms with Gasteiger partial charge in [-0.2, -0.15) is 0 Å². The van der Waals surface area contributed by atoms with Gasteiger partial charge in [0.25, 0.3) is 5.69 Å². The maximum absolute atomic E-state index is 12.7. The summed E-state index contributed by atoms with van der Waals surface area (Å²) >= 11 is 4.70. The number of hydrogen-bond donors (Lipinski definition) is 1. The first-order chi connectivity index (χ1) is 18.8. The van der Waals surface area contributed by atoms with Crippen LogP contribution in [0.15, 0.2) is 92.4 Å². The molecule has 0 bridgehead atoms. The lowest BCUT2D eigenvalue weighted by molar-refractivity contribution is -0.384. The summed E-state index contributed by atoms with van der Waals surface area (Å²) < 4.78 is 17.2. The first-order valence-corrected chi connectivity index (χ1v) is 13.3. The maximum Gasteiger partial charge on any atom is 0.344 e. The molecule has 0 saturated heterocycles. The van der Waals surface area contributed by atoms with Crippen molar-refractivity contribution in [2.24, 2.45) is 4.99 Å². The molecule has 0 radical (unpaired) electrons. The van der Waals surface area contributed by atoms with Crippen LogP contribution in [-0.2, 0) is 16.1 Å². The fourth-order valence-corrected chi connectivity index (χ4v) is 5.02. The van der Waals surface area contributed by atoms with E-state index >= 15 is 0 Å². The maximum atomic E-state index is 12.7. The number of para-hydroxylation sites is 1. The SMILES string of the molecule is CCOC(=O)C1=C(O)/C(=C/c2cc(OC)c(OCc3ccc([N+](=O)[O-])cc3)cc2Br)SC1=Nc1ccccc1. The molecule has 11 heteroatoms. The average Bonchev–Trinajstić information content (AvgIpc) is 3.23. The minimum absolute atomic E-state index is 0.00151. The van der Waals surface area contributed by atoms with E-state index in [9.17, 15) is 20.0 Å². The lowest BCUT2D eigenvalue weighted by Crippen LogP contribution is -2.12. The molecule has 1 N–H and O–H groups in total. The number of aliphatic hydroxyl groups excluding tert-OH is 1. The third kappa shape index (κ3) is 6.68. The number of benzene rings is 3. The molecular formula is C28H23BrN2O7S. The Morgan fingerprint density at radius 1 is 1.13 bits per heavy atom. The number of nitro benzene ring substituents is 1. The first kappa shape index (κ1) is 27.9. The van der Waals surface area contributed by atoms with Gasteiger partial charge < -0.3 is 19.3 Å². The quantitative estimate of drug-likeness (QED) is 0.154. The predicted molar refractivity (Wildman–Crippen MR) is 154 cm³/mol. The van der Waals surface area contributed by atoms with Gasteiger partial charge in [0.05, 0.1) is 29.2 Å². The van der Waals surface area contributed by atoms with E-state index in [1.54, 1.807) is 49.4 Å². The van der Waals surface area contributed by atoms with E-state index in [4.69, 9.17) is 14.2 Å². The van der Waals surface area contributed by atoms with Crippen molar-refractivity contribution in [3.8, 4) is 11.5 Å². The third-order valence-corrected chi connectivity index (χ3v) is 7.17. The van der Waals surface area contributed by atoms with Crippen LogP contribution >= 0.6 is 27.7 Å². The molecule has 0 atom stereocenters. The molecule has 1 heterocycles. The number of esters is 1. The summed E-state index contributed by atoms with van der Waals surface area (Å²) in [5.41, 5.74) is 2.05. The fraction of sp³-hybridized carbons (Fsp3) is 0.143. The van der Waals surface area contributed by atoms with E-state index in [-0.39, 0.29) is 30.2 Å². The summed E-state index contributed by atoms with van der Waals surface area (Å²) in [5.74, 6) is -0.00538. The number of thioether (sulfide) groups is 1. The van der Waals surface area contributed by atoms with Gasteiger partial charge >= 0.3 is 5.97 Å². The van der Waals surface area contributed by atoms with Crippen LogP contribution < -0.4 is 9.47 Å². The second-order valence-corrected chi connectivity index (χ2v) is 9.93. The van der Waals surface area contributed by atoms with Gasteiger partial charge in [-0.3, -0.25) is 10.1 Å². The zero-order chi connectivity index (χ0) is 27.9. The Morgan fingerprint density at radius 3 is 2.49 bits per heavy atom. The normalized spacial score (nSPS) is 15.1. The summed E-state index contributed by atoms with van der Waals surface area (Å²) in [4.78, 5) is 28.0. The molecule has 0 aromatic heterocycles. The van der Waals surface area contributed by atoms with Gasteiger partial charge in [0.1, 0.15) is 23.0 Å². The number of hydrogen-bond acceptors (Lipinski definition) is 9. The molecule has 0 aliphatic carbocycles. The van der Waals surface area contributed by atoms with Gasteiger partial charge in [0.2, 0.25) is 0 Å². The molecule has 3 aromatic rings. The van der Waals surface area contributed by atoms with Gasteiger partial charge in [0, 0.05) is 16.6 Å². The number of non-ortho nitro benzene ring substituents is 1. The molecular weight excluding hydrogens is 588 g/mol. The van der Waals surface area contributed by atoms with Gasteiger partial charge in [-0.05, 0) is 60.5 Å². The molecule has 0 spiro atoms. The van der Waals surface area contributed by atoms with E-state index in [0.29, 0.717) is 37.2 Å². The topological polar surface area (TPSA) is 120 Å². The summed E-state index contributed by atoms with van der Waals surface area (Å²) in [6.45, 7) is 2.02. The lowest BCUT2D eigenvalue weighted by Gasteiger charge is -2.13. The summed E-state index contributed by atoms with van der Waals surface area (Å²) in [6.07, 6.45) is 1.71. The Labute approximate surface area is 237 Å². The molecule has 0 saturated carbocycles. The Morgan fingerprint density at radius 2 is 1.85 bits per heavy atom. The molecule has 0 amide bonds. The molecule has 1 aliphatic heterocycles. The largest absolute Gasteiger partial charge is 0.506 e. The van der Waals surface area contributed by atoms with E-state index in [1.807, 2.05) is 18.2 Å². The van der Waals surface area contributed by atoms with Crippen LogP contribution in [0.4, 0.5) is 11.4 Å². The Balaban J connectivity index is 1.63. The number of methoxy groups -OCH3 is 1. The van der Waals surface area contributed by atoms with Crippen LogP contribution in [0.5, 0.6) is 11.5 Å². The lowest BCUT2D eigenvalue weighted by atomic mass is 10.1. The van der Waals surface area contributed by atoms with Gasteiger partial charge in [0.15, 0.2) is 11.5 Å². The number of carbonyl (C=O) groups excluding carboxylic acids is 1. The van der Waals surface area contributed by atoms with Crippen molar-refractivity contribution in [1.29, 1.82) is 0 Å². The van der Waals surface area contributed by atoms with Crippen molar-refractivity contribution in [2.45, 2.75) is 13.5 Å². The van der Waals surface area contributed by atoms with Crippen molar-refractivity contribution < 1.29 is 29.0 Å². The third-order valence-electron chi connectivity index (χ3n) is 5.47. The zero-order valence-corrected chi connectivity index (χ0v) is 23.3.